The fraction of sp³-hybridized carbons (Fsp3) is 0.333. The molecule has 0 aliphatic heterocycles. The number of hydrogen-bond donors (Lipinski definition) is 3. The molecule has 1 aromatic carbocycles. The van der Waals surface area contributed by atoms with E-state index in [1.165, 1.54) is 12.1 Å². The molecule has 1 aromatic rings. The number of halogens is 3. The Morgan fingerprint density at radius 1 is 1.25 bits per heavy atom. The molecule has 0 saturated heterocycles. The van der Waals surface area contributed by atoms with Gasteiger partial charge in [0.2, 0.25) is 5.91 Å². The monoisotopic (exact) mass is 335 g/mol. The molecule has 1 aliphatic carbocycles. The van der Waals surface area contributed by atoms with Gasteiger partial charge in [0.1, 0.15) is 5.41 Å². The predicted octanol–water partition coefficient (Wildman–Crippen LogP) is 3.50. The van der Waals surface area contributed by atoms with E-state index >= 15 is 0 Å². The van der Waals surface area contributed by atoms with Crippen LogP contribution in [0.5, 0.6) is 0 Å². The first-order valence-electron chi connectivity index (χ1n) is 5.85. The Morgan fingerprint density at radius 3 is 2.35 bits per heavy atom. The maximum Gasteiger partial charge on any atom is 0.238 e. The van der Waals surface area contributed by atoms with Gasteiger partial charge in [0.25, 0.3) is 0 Å². The van der Waals surface area contributed by atoms with Crippen molar-refractivity contribution in [3.8, 4) is 0 Å². The topological polar surface area (TPSA) is 87.7 Å². The van der Waals surface area contributed by atoms with Crippen LogP contribution in [0.2, 0.25) is 15.1 Å². The van der Waals surface area contributed by atoms with Crippen LogP contribution >= 0.6 is 34.8 Å². The molecule has 5 nitrogen and oxygen atoms in total. The van der Waals surface area contributed by atoms with Gasteiger partial charge >= 0.3 is 0 Å². The highest BCUT2D eigenvalue weighted by atomic mass is 35.5. The molecule has 0 bridgehead atoms. The Morgan fingerprint density at radius 2 is 1.85 bits per heavy atom. The van der Waals surface area contributed by atoms with Crippen molar-refractivity contribution in [2.45, 2.75) is 19.3 Å². The lowest BCUT2D eigenvalue weighted by Crippen LogP contribution is -2.51. The summed E-state index contributed by atoms with van der Waals surface area (Å²) in [6, 6.07) is 2.90. The van der Waals surface area contributed by atoms with Crippen LogP contribution in [0.1, 0.15) is 19.3 Å². The molecule has 0 unspecified atom stereocenters. The number of amidine groups is 1. The first-order chi connectivity index (χ1) is 9.40. The maximum absolute atomic E-state index is 12.3. The normalized spacial score (nSPS) is 17.4. The summed E-state index contributed by atoms with van der Waals surface area (Å²) in [5.74, 6) is -0.475. The molecule has 1 aliphatic rings. The summed E-state index contributed by atoms with van der Waals surface area (Å²) in [7, 11) is 0. The van der Waals surface area contributed by atoms with Crippen LogP contribution in [0.4, 0.5) is 5.69 Å². The number of nitrogens with one attached hydrogen (secondary N) is 1. The van der Waals surface area contributed by atoms with Crippen molar-refractivity contribution in [3.05, 3.63) is 27.2 Å². The van der Waals surface area contributed by atoms with Crippen molar-refractivity contribution in [2.75, 3.05) is 5.32 Å². The molecule has 108 valence electrons. The number of carbonyl (C=O) groups excluding carboxylic acids is 1. The summed E-state index contributed by atoms with van der Waals surface area (Å²) in [5, 5.41) is 15.2. The number of amides is 1. The van der Waals surface area contributed by atoms with Gasteiger partial charge in [0, 0.05) is 0 Å². The summed E-state index contributed by atoms with van der Waals surface area (Å²) in [4.78, 5) is 12.3. The summed E-state index contributed by atoms with van der Waals surface area (Å²) in [6.45, 7) is 0. The third kappa shape index (κ3) is 2.53. The largest absolute Gasteiger partial charge is 0.409 e. The van der Waals surface area contributed by atoms with Gasteiger partial charge in [0.05, 0.1) is 20.8 Å². The van der Waals surface area contributed by atoms with Crippen molar-refractivity contribution in [3.63, 3.8) is 0 Å². The van der Waals surface area contributed by atoms with Gasteiger partial charge in [-0.05, 0) is 25.0 Å². The van der Waals surface area contributed by atoms with E-state index in [4.69, 9.17) is 45.7 Å². The van der Waals surface area contributed by atoms with E-state index in [0.717, 1.165) is 6.42 Å². The fourth-order valence-corrected chi connectivity index (χ4v) is 2.68. The quantitative estimate of drug-likeness (QED) is 0.259. The highest BCUT2D eigenvalue weighted by molar-refractivity contribution is 6.44. The average Bonchev–Trinajstić information content (AvgIpc) is 2.34. The molecular formula is C12H12Cl3N3O2. The fourth-order valence-electron chi connectivity index (χ4n) is 2.09. The summed E-state index contributed by atoms with van der Waals surface area (Å²) >= 11 is 17.7. The summed E-state index contributed by atoms with van der Waals surface area (Å²) in [5.41, 5.74) is 4.97. The molecule has 0 aromatic heterocycles. The van der Waals surface area contributed by atoms with E-state index < -0.39 is 5.41 Å². The van der Waals surface area contributed by atoms with Gasteiger partial charge in [-0.25, -0.2) is 0 Å². The molecule has 0 radical (unpaired) electrons. The Labute approximate surface area is 130 Å². The molecule has 0 spiro atoms. The lowest BCUT2D eigenvalue weighted by molar-refractivity contribution is -0.125. The molecule has 0 atom stereocenters. The van der Waals surface area contributed by atoms with Gasteiger partial charge < -0.3 is 16.3 Å². The van der Waals surface area contributed by atoms with Gasteiger partial charge in [0.15, 0.2) is 5.84 Å². The number of oxime groups is 1. The van der Waals surface area contributed by atoms with Crippen LogP contribution < -0.4 is 11.1 Å². The number of anilines is 1. The lowest BCUT2D eigenvalue weighted by atomic mass is 9.67. The van der Waals surface area contributed by atoms with Gasteiger partial charge in [-0.1, -0.05) is 46.4 Å². The van der Waals surface area contributed by atoms with Crippen LogP contribution in [0, 0.1) is 5.41 Å². The van der Waals surface area contributed by atoms with Gasteiger partial charge in [-0.15, -0.1) is 0 Å². The SMILES string of the molecule is N/C(=N/O)C1(C(=O)Nc2cc(Cl)c(Cl)cc2Cl)CCC1. The Kier molecular flexibility index (Phi) is 4.32. The average molecular weight is 337 g/mol. The van der Waals surface area contributed by atoms with Gasteiger partial charge in [-0.2, -0.15) is 0 Å². The van der Waals surface area contributed by atoms with Crippen LogP contribution in [-0.4, -0.2) is 17.0 Å². The van der Waals surface area contributed by atoms with E-state index in [1.807, 2.05) is 0 Å². The van der Waals surface area contributed by atoms with E-state index in [-0.39, 0.29) is 21.8 Å². The molecule has 4 N–H and O–H groups in total. The Balaban J connectivity index is 2.26. The number of nitrogens with two attached hydrogens (primary N) is 1. The van der Waals surface area contributed by atoms with Crippen molar-refractivity contribution in [1.29, 1.82) is 0 Å². The van der Waals surface area contributed by atoms with Crippen LogP contribution in [0.15, 0.2) is 17.3 Å². The molecule has 1 fully saturated rings. The van der Waals surface area contributed by atoms with E-state index in [9.17, 15) is 4.79 Å². The van der Waals surface area contributed by atoms with Crippen molar-refractivity contribution >= 4 is 52.2 Å². The van der Waals surface area contributed by atoms with E-state index in [1.54, 1.807) is 0 Å². The van der Waals surface area contributed by atoms with Crippen molar-refractivity contribution in [1.82, 2.24) is 0 Å². The van der Waals surface area contributed by atoms with Crippen LogP contribution in [0.3, 0.4) is 0 Å². The molecule has 20 heavy (non-hydrogen) atoms. The molecular weight excluding hydrogens is 325 g/mol. The minimum Gasteiger partial charge on any atom is -0.409 e. The second kappa shape index (κ2) is 5.68. The molecule has 1 saturated carbocycles. The first-order valence-corrected chi connectivity index (χ1v) is 6.98. The zero-order chi connectivity index (χ0) is 14.9. The third-order valence-electron chi connectivity index (χ3n) is 3.50. The third-order valence-corrected chi connectivity index (χ3v) is 4.53. The summed E-state index contributed by atoms with van der Waals surface area (Å²) in [6.07, 6.45) is 1.88. The van der Waals surface area contributed by atoms with Crippen LogP contribution in [-0.2, 0) is 4.79 Å². The first kappa shape index (κ1) is 15.2. The van der Waals surface area contributed by atoms with Gasteiger partial charge in [-0.3, -0.25) is 4.79 Å². The second-order valence-electron chi connectivity index (χ2n) is 4.62. The number of rotatable bonds is 3. The molecule has 2 rings (SSSR count). The maximum atomic E-state index is 12.3. The molecule has 0 heterocycles. The van der Waals surface area contributed by atoms with Crippen molar-refractivity contribution in [2.24, 2.45) is 16.3 Å². The van der Waals surface area contributed by atoms with Crippen LogP contribution in [0.25, 0.3) is 0 Å². The van der Waals surface area contributed by atoms with E-state index in [0.29, 0.717) is 23.6 Å². The predicted molar refractivity (Wildman–Crippen MR) is 79.8 cm³/mol. The van der Waals surface area contributed by atoms with E-state index in [2.05, 4.69) is 10.5 Å². The smallest absolute Gasteiger partial charge is 0.238 e. The highest BCUT2D eigenvalue weighted by Gasteiger charge is 2.48. The minimum atomic E-state index is -0.982. The number of hydrogen-bond acceptors (Lipinski definition) is 3. The molecule has 8 heteroatoms. The number of benzene rings is 1. The Hall–Kier alpha value is -1.17. The number of nitrogens with zero attached hydrogens (tertiary/aromatic N) is 1. The zero-order valence-corrected chi connectivity index (χ0v) is 12.6. The highest BCUT2D eigenvalue weighted by Crippen LogP contribution is 2.43. The standard InChI is InChI=1S/C12H12Cl3N3O2/c13-6-4-8(15)9(5-7(6)14)17-11(19)12(2-1-3-12)10(16)18-20/h4-5,20H,1-3H2,(H2,16,18)(H,17,19). The number of carbonyl (C=O) groups is 1. The minimum absolute atomic E-state index is 0.0996. The summed E-state index contributed by atoms with van der Waals surface area (Å²) < 4.78 is 0. The molecule has 1 amide bonds. The lowest BCUT2D eigenvalue weighted by Gasteiger charge is -2.38. The van der Waals surface area contributed by atoms with Crippen molar-refractivity contribution < 1.29 is 10.0 Å². The Bertz CT molecular complexity index is 586. The zero-order valence-electron chi connectivity index (χ0n) is 10.3. The second-order valence-corrected chi connectivity index (χ2v) is 5.84.